The molecule has 8 nitrogen and oxygen atoms in total. The highest BCUT2D eigenvalue weighted by Crippen LogP contribution is 2.43. The maximum atomic E-state index is 13.2. The molecule has 0 spiro atoms. The van der Waals surface area contributed by atoms with Crippen molar-refractivity contribution < 1.29 is 24.0 Å². The Hall–Kier alpha value is -3.78. The molecule has 1 aliphatic heterocycles. The minimum absolute atomic E-state index is 0.0533. The molecular weight excluding hydrogens is 376 g/mol. The quantitative estimate of drug-likeness (QED) is 0.391. The number of rotatable bonds is 6. The lowest BCUT2D eigenvalue weighted by atomic mass is 9.89. The lowest BCUT2D eigenvalue weighted by Crippen LogP contribution is -2.41. The summed E-state index contributed by atoms with van der Waals surface area (Å²) in [7, 11) is 0. The summed E-state index contributed by atoms with van der Waals surface area (Å²) in [4.78, 5) is 37.4. The van der Waals surface area contributed by atoms with Crippen molar-refractivity contribution in [2.45, 2.75) is 18.6 Å². The second-order valence-corrected chi connectivity index (χ2v) is 6.77. The third-order valence-electron chi connectivity index (χ3n) is 4.94. The minimum Gasteiger partial charge on any atom is -0.461 e. The van der Waals surface area contributed by atoms with E-state index in [1.165, 1.54) is 29.4 Å². The van der Waals surface area contributed by atoms with Crippen LogP contribution in [0.25, 0.3) is 0 Å². The van der Waals surface area contributed by atoms with E-state index >= 15 is 0 Å². The average molecular weight is 392 g/mol. The van der Waals surface area contributed by atoms with Crippen LogP contribution in [-0.2, 0) is 16.9 Å². The van der Waals surface area contributed by atoms with Gasteiger partial charge >= 0.3 is 0 Å². The van der Waals surface area contributed by atoms with E-state index in [9.17, 15) is 24.8 Å². The Morgan fingerprint density at radius 1 is 1.10 bits per heavy atom. The number of anilines is 1. The zero-order valence-electron chi connectivity index (χ0n) is 15.1. The van der Waals surface area contributed by atoms with Crippen molar-refractivity contribution in [3.8, 4) is 0 Å². The van der Waals surface area contributed by atoms with Crippen LogP contribution >= 0.6 is 0 Å². The Morgan fingerprint density at radius 3 is 2.48 bits per heavy atom. The number of Topliss-reactive ketones (excluding diaryl/α,β-unsaturated/α-hetero) is 1. The van der Waals surface area contributed by atoms with Crippen molar-refractivity contribution >= 4 is 23.1 Å². The number of carbonyl (C=O) groups is 2. The molecule has 1 aliphatic rings. The fourth-order valence-electron chi connectivity index (χ4n) is 3.50. The molecule has 3 aromatic rings. The van der Waals surface area contributed by atoms with Gasteiger partial charge in [-0.2, -0.15) is 0 Å². The van der Waals surface area contributed by atoms with Crippen LogP contribution in [0.4, 0.5) is 11.4 Å². The van der Waals surface area contributed by atoms with Crippen molar-refractivity contribution in [2.24, 2.45) is 0 Å². The maximum absolute atomic E-state index is 13.2. The van der Waals surface area contributed by atoms with Gasteiger partial charge in [-0.15, -0.1) is 0 Å². The fourth-order valence-corrected chi connectivity index (χ4v) is 3.50. The summed E-state index contributed by atoms with van der Waals surface area (Å²) >= 11 is 0. The smallest absolute Gasteiger partial charge is 0.269 e. The monoisotopic (exact) mass is 392 g/mol. The van der Waals surface area contributed by atoms with Gasteiger partial charge in [0.15, 0.2) is 11.4 Å². The van der Waals surface area contributed by atoms with E-state index in [-0.39, 0.29) is 18.0 Å². The molecular formula is C21H16N2O6. The maximum Gasteiger partial charge on any atom is 0.269 e. The van der Waals surface area contributed by atoms with Gasteiger partial charge in [0.2, 0.25) is 5.78 Å². The minimum atomic E-state index is -2.01. The summed E-state index contributed by atoms with van der Waals surface area (Å²) in [6.07, 6.45) is 0.899. The molecule has 0 bridgehead atoms. The Balaban J connectivity index is 1.65. The number of fused-ring (bicyclic) bond motifs is 1. The summed E-state index contributed by atoms with van der Waals surface area (Å²) in [6, 6.07) is 15.6. The molecule has 0 fully saturated rings. The Kier molecular flexibility index (Phi) is 4.48. The van der Waals surface area contributed by atoms with Crippen LogP contribution in [0.15, 0.2) is 71.3 Å². The first-order chi connectivity index (χ1) is 13.9. The van der Waals surface area contributed by atoms with Crippen molar-refractivity contribution in [3.05, 3.63) is 93.9 Å². The lowest BCUT2D eigenvalue weighted by Gasteiger charge is -2.22. The number of non-ortho nitro benzene ring substituents is 1. The highest BCUT2D eigenvalue weighted by molar-refractivity contribution is 6.10. The first kappa shape index (κ1) is 18.6. The molecule has 1 N–H and O–H groups in total. The highest BCUT2D eigenvalue weighted by Gasteiger charge is 2.51. The van der Waals surface area contributed by atoms with E-state index in [0.29, 0.717) is 16.8 Å². The Labute approximate surface area is 165 Å². The van der Waals surface area contributed by atoms with Crippen molar-refractivity contribution in [1.29, 1.82) is 0 Å². The SMILES string of the molecule is O=C(C[C@@]1(O)C(=O)N(Cc2ccc([N+](=O)[O-])cc2)c2ccccc21)c1ccco1. The molecule has 0 saturated carbocycles. The van der Waals surface area contributed by atoms with Gasteiger partial charge in [0.1, 0.15) is 0 Å². The number of hydrogen-bond donors (Lipinski definition) is 1. The molecule has 2 aromatic carbocycles. The van der Waals surface area contributed by atoms with Crippen LogP contribution in [0.1, 0.15) is 28.1 Å². The number of ketones is 1. The number of furan rings is 1. The van der Waals surface area contributed by atoms with Crippen LogP contribution in [-0.4, -0.2) is 21.7 Å². The van der Waals surface area contributed by atoms with E-state index in [0.717, 1.165) is 0 Å². The summed E-state index contributed by atoms with van der Waals surface area (Å²) in [5.74, 6) is -1.05. The van der Waals surface area contributed by atoms with E-state index in [4.69, 9.17) is 4.42 Å². The van der Waals surface area contributed by atoms with Gasteiger partial charge < -0.3 is 14.4 Å². The molecule has 146 valence electrons. The Morgan fingerprint density at radius 2 is 1.83 bits per heavy atom. The second-order valence-electron chi connectivity index (χ2n) is 6.77. The van der Waals surface area contributed by atoms with Crippen LogP contribution in [0, 0.1) is 10.1 Å². The van der Waals surface area contributed by atoms with Crippen LogP contribution in [0.2, 0.25) is 0 Å². The van der Waals surface area contributed by atoms with Gasteiger partial charge in [-0.1, -0.05) is 30.3 Å². The number of aliphatic hydroxyl groups is 1. The summed E-state index contributed by atoms with van der Waals surface area (Å²) < 4.78 is 5.09. The van der Waals surface area contributed by atoms with Gasteiger partial charge in [-0.3, -0.25) is 19.7 Å². The third kappa shape index (κ3) is 3.19. The number of amides is 1. The van der Waals surface area contributed by atoms with Gasteiger partial charge in [0.25, 0.3) is 11.6 Å². The van der Waals surface area contributed by atoms with Crippen LogP contribution in [0.5, 0.6) is 0 Å². The summed E-state index contributed by atoms with van der Waals surface area (Å²) in [5, 5.41) is 22.0. The zero-order chi connectivity index (χ0) is 20.6. The first-order valence-electron chi connectivity index (χ1n) is 8.84. The molecule has 29 heavy (non-hydrogen) atoms. The molecule has 1 amide bonds. The molecule has 0 unspecified atom stereocenters. The average Bonchev–Trinajstić information content (AvgIpc) is 3.32. The number of carbonyl (C=O) groups excluding carboxylic acids is 2. The van der Waals surface area contributed by atoms with Gasteiger partial charge in [0.05, 0.1) is 29.8 Å². The molecule has 1 atom stereocenters. The van der Waals surface area contributed by atoms with Crippen molar-refractivity contribution in [1.82, 2.24) is 0 Å². The van der Waals surface area contributed by atoms with Gasteiger partial charge in [-0.25, -0.2) is 0 Å². The molecule has 0 aliphatic carbocycles. The molecule has 2 heterocycles. The first-order valence-corrected chi connectivity index (χ1v) is 8.84. The normalized spacial score (nSPS) is 18.0. The second kappa shape index (κ2) is 6.99. The lowest BCUT2D eigenvalue weighted by molar-refractivity contribution is -0.384. The standard InChI is InChI=1S/C21H16N2O6/c24-18(19-6-3-11-29-19)12-21(26)16-4-1-2-5-17(16)22(20(21)25)13-14-7-9-15(10-8-14)23(27)28/h1-11,26H,12-13H2/t21-/m0/s1. The van der Waals surface area contributed by atoms with E-state index in [1.54, 1.807) is 42.5 Å². The Bertz CT molecular complexity index is 1090. The number of hydrogen-bond acceptors (Lipinski definition) is 6. The van der Waals surface area contributed by atoms with E-state index in [2.05, 4.69) is 0 Å². The molecule has 8 heteroatoms. The molecule has 4 rings (SSSR count). The predicted molar refractivity (Wildman–Crippen MR) is 102 cm³/mol. The summed E-state index contributed by atoms with van der Waals surface area (Å²) in [5.41, 5.74) is -0.582. The third-order valence-corrected chi connectivity index (χ3v) is 4.94. The number of nitrogens with zero attached hydrogens (tertiary/aromatic N) is 2. The highest BCUT2D eigenvalue weighted by atomic mass is 16.6. The van der Waals surface area contributed by atoms with Gasteiger partial charge in [-0.05, 0) is 23.8 Å². The van der Waals surface area contributed by atoms with Crippen LogP contribution < -0.4 is 4.90 Å². The number of benzene rings is 2. The fraction of sp³-hybridized carbons (Fsp3) is 0.143. The van der Waals surface area contributed by atoms with E-state index in [1.807, 2.05) is 0 Å². The predicted octanol–water partition coefficient (Wildman–Crippen LogP) is 3.20. The van der Waals surface area contributed by atoms with E-state index < -0.39 is 28.6 Å². The number of nitro groups is 1. The molecule has 1 aromatic heterocycles. The topological polar surface area (TPSA) is 114 Å². The molecule has 0 saturated heterocycles. The largest absolute Gasteiger partial charge is 0.461 e. The molecule has 0 radical (unpaired) electrons. The van der Waals surface area contributed by atoms with Gasteiger partial charge in [0, 0.05) is 17.7 Å². The van der Waals surface area contributed by atoms with Crippen molar-refractivity contribution in [3.63, 3.8) is 0 Å². The van der Waals surface area contributed by atoms with Crippen LogP contribution in [0.3, 0.4) is 0 Å². The zero-order valence-corrected chi connectivity index (χ0v) is 15.1. The van der Waals surface area contributed by atoms with Crippen molar-refractivity contribution in [2.75, 3.05) is 4.90 Å². The summed E-state index contributed by atoms with van der Waals surface area (Å²) in [6.45, 7) is 0.102. The number of para-hydroxylation sites is 1. The number of nitro benzene ring substituents is 1.